The molecule has 1 aliphatic rings. The average molecular weight is 426 g/mol. The Morgan fingerprint density at radius 1 is 1.17 bits per heavy atom. The Labute approximate surface area is 178 Å². The second-order valence-corrected chi connectivity index (χ2v) is 8.67. The molecule has 0 aliphatic heterocycles. The highest BCUT2D eigenvalue weighted by Gasteiger charge is 2.23. The number of nitrogens with zero attached hydrogens (tertiary/aromatic N) is 2. The van der Waals surface area contributed by atoms with E-state index < -0.39 is 5.82 Å². The fourth-order valence-corrected chi connectivity index (χ4v) is 4.78. The number of carbonyl (C=O) groups is 1. The van der Waals surface area contributed by atoms with Gasteiger partial charge in [-0.3, -0.25) is 14.2 Å². The first kappa shape index (κ1) is 20.6. The molecule has 2 unspecified atom stereocenters. The number of benzene rings is 2. The molecule has 2 aromatic carbocycles. The van der Waals surface area contributed by atoms with Crippen LogP contribution in [-0.4, -0.2) is 27.3 Å². The van der Waals surface area contributed by atoms with Gasteiger partial charge in [0.25, 0.3) is 5.56 Å². The van der Waals surface area contributed by atoms with E-state index in [0.29, 0.717) is 22.0 Å². The number of halogens is 1. The van der Waals surface area contributed by atoms with Crippen LogP contribution < -0.4 is 10.9 Å². The SMILES string of the molecule is CC1CCCCC1NC(=O)CSc1nc2ccccc2c(=O)n1-c1ccccc1F. The number of para-hydroxylation sites is 2. The summed E-state index contributed by atoms with van der Waals surface area (Å²) in [5, 5.41) is 3.82. The standard InChI is InChI=1S/C23H24FN3O2S/c1-15-8-2-5-11-18(15)25-21(28)14-30-23-26-19-12-6-3-9-16(19)22(29)27(23)20-13-7-4-10-17(20)24/h3-4,6-7,9-10,12-13,15,18H,2,5,8,11,14H2,1H3,(H,25,28). The van der Waals surface area contributed by atoms with Crippen molar-refractivity contribution >= 4 is 28.6 Å². The molecule has 1 heterocycles. The quantitative estimate of drug-likeness (QED) is 0.489. The monoisotopic (exact) mass is 425 g/mol. The summed E-state index contributed by atoms with van der Waals surface area (Å²) in [6, 6.07) is 13.3. The van der Waals surface area contributed by atoms with Crippen LogP contribution >= 0.6 is 11.8 Å². The van der Waals surface area contributed by atoms with Crippen molar-refractivity contribution in [2.24, 2.45) is 5.92 Å². The first-order valence-corrected chi connectivity index (χ1v) is 11.2. The van der Waals surface area contributed by atoms with Crippen LogP contribution in [0.15, 0.2) is 58.5 Å². The third kappa shape index (κ3) is 4.26. The van der Waals surface area contributed by atoms with E-state index in [1.165, 1.54) is 17.1 Å². The molecule has 1 saturated carbocycles. The van der Waals surface area contributed by atoms with Gasteiger partial charge in [0.1, 0.15) is 5.82 Å². The van der Waals surface area contributed by atoms with Gasteiger partial charge >= 0.3 is 0 Å². The van der Waals surface area contributed by atoms with Gasteiger partial charge in [-0.05, 0) is 43.0 Å². The van der Waals surface area contributed by atoms with Crippen LogP contribution in [0.1, 0.15) is 32.6 Å². The number of nitrogens with one attached hydrogen (secondary N) is 1. The molecule has 156 valence electrons. The third-order valence-electron chi connectivity index (χ3n) is 5.63. The maximum atomic E-state index is 14.5. The predicted octanol–water partition coefficient (Wildman–Crippen LogP) is 4.31. The van der Waals surface area contributed by atoms with Crippen molar-refractivity contribution in [3.05, 3.63) is 64.7 Å². The number of rotatable bonds is 5. The minimum atomic E-state index is -0.515. The lowest BCUT2D eigenvalue weighted by Crippen LogP contribution is -2.41. The molecule has 4 rings (SSSR count). The van der Waals surface area contributed by atoms with Gasteiger partial charge in [0.15, 0.2) is 5.16 Å². The summed E-state index contributed by atoms with van der Waals surface area (Å²) in [5.41, 5.74) is 0.304. The third-order valence-corrected chi connectivity index (χ3v) is 6.57. The molecule has 1 amide bonds. The Morgan fingerprint density at radius 2 is 1.90 bits per heavy atom. The van der Waals surface area contributed by atoms with E-state index >= 15 is 0 Å². The fourth-order valence-electron chi connectivity index (χ4n) is 3.96. The maximum Gasteiger partial charge on any atom is 0.266 e. The van der Waals surface area contributed by atoms with Crippen LogP contribution in [0.5, 0.6) is 0 Å². The van der Waals surface area contributed by atoms with Gasteiger partial charge in [-0.1, -0.05) is 55.8 Å². The minimum Gasteiger partial charge on any atom is -0.352 e. The number of hydrogen-bond acceptors (Lipinski definition) is 4. The number of thioether (sulfide) groups is 1. The summed E-state index contributed by atoms with van der Waals surface area (Å²) in [7, 11) is 0. The lowest BCUT2D eigenvalue weighted by atomic mass is 9.86. The van der Waals surface area contributed by atoms with Crippen molar-refractivity contribution in [3.8, 4) is 5.69 Å². The number of aromatic nitrogens is 2. The van der Waals surface area contributed by atoms with Gasteiger partial charge in [0.2, 0.25) is 5.91 Å². The number of amides is 1. The maximum absolute atomic E-state index is 14.5. The van der Waals surface area contributed by atoms with Gasteiger partial charge in [-0.25, -0.2) is 9.37 Å². The summed E-state index contributed by atoms with van der Waals surface area (Å²) in [5.74, 6) is -0.0361. The van der Waals surface area contributed by atoms with Gasteiger partial charge < -0.3 is 5.32 Å². The summed E-state index contributed by atoms with van der Waals surface area (Å²) >= 11 is 1.15. The zero-order valence-corrected chi connectivity index (χ0v) is 17.6. The Hall–Kier alpha value is -2.67. The molecule has 30 heavy (non-hydrogen) atoms. The Kier molecular flexibility index (Phi) is 6.18. The minimum absolute atomic E-state index is 0.0961. The zero-order valence-electron chi connectivity index (χ0n) is 16.8. The van der Waals surface area contributed by atoms with Gasteiger partial charge in [-0.15, -0.1) is 0 Å². The van der Waals surface area contributed by atoms with Crippen LogP contribution in [0.4, 0.5) is 4.39 Å². The molecule has 0 bridgehead atoms. The number of carbonyl (C=O) groups excluding carboxylic acids is 1. The van der Waals surface area contributed by atoms with Crippen molar-refractivity contribution in [2.45, 2.75) is 43.8 Å². The molecule has 3 aromatic rings. The molecule has 0 radical (unpaired) electrons. The second-order valence-electron chi connectivity index (χ2n) is 7.73. The Morgan fingerprint density at radius 3 is 2.70 bits per heavy atom. The lowest BCUT2D eigenvalue weighted by Gasteiger charge is -2.29. The first-order valence-electron chi connectivity index (χ1n) is 10.2. The molecule has 0 spiro atoms. The van der Waals surface area contributed by atoms with Crippen molar-refractivity contribution in [1.82, 2.24) is 14.9 Å². The molecule has 0 saturated heterocycles. The molecule has 1 aromatic heterocycles. The van der Waals surface area contributed by atoms with E-state index in [4.69, 9.17) is 0 Å². The molecule has 5 nitrogen and oxygen atoms in total. The fraction of sp³-hybridized carbons (Fsp3) is 0.348. The van der Waals surface area contributed by atoms with Gasteiger partial charge in [0.05, 0.1) is 22.3 Å². The van der Waals surface area contributed by atoms with E-state index in [1.54, 1.807) is 42.5 Å². The van der Waals surface area contributed by atoms with E-state index in [0.717, 1.165) is 31.0 Å². The normalized spacial score (nSPS) is 19.0. The van der Waals surface area contributed by atoms with Crippen molar-refractivity contribution in [3.63, 3.8) is 0 Å². The lowest BCUT2D eigenvalue weighted by molar-refractivity contribution is -0.119. The highest BCUT2D eigenvalue weighted by Crippen LogP contribution is 2.25. The van der Waals surface area contributed by atoms with Crippen molar-refractivity contribution in [1.29, 1.82) is 0 Å². The average Bonchev–Trinajstić information content (AvgIpc) is 2.75. The Balaban J connectivity index is 1.64. The van der Waals surface area contributed by atoms with E-state index in [9.17, 15) is 14.0 Å². The van der Waals surface area contributed by atoms with Crippen LogP contribution in [-0.2, 0) is 4.79 Å². The number of hydrogen-bond donors (Lipinski definition) is 1. The second kappa shape index (κ2) is 9.00. The van der Waals surface area contributed by atoms with Crippen LogP contribution in [0, 0.1) is 11.7 Å². The predicted molar refractivity (Wildman–Crippen MR) is 118 cm³/mol. The molecular weight excluding hydrogens is 401 g/mol. The summed E-state index contributed by atoms with van der Waals surface area (Å²) in [6.07, 6.45) is 4.45. The van der Waals surface area contributed by atoms with Crippen LogP contribution in [0.3, 0.4) is 0 Å². The molecular formula is C23H24FN3O2S. The molecule has 1 aliphatic carbocycles. The molecule has 7 heteroatoms. The summed E-state index contributed by atoms with van der Waals surface area (Å²) in [6.45, 7) is 2.16. The zero-order chi connectivity index (χ0) is 21.1. The van der Waals surface area contributed by atoms with Crippen molar-refractivity contribution < 1.29 is 9.18 Å². The van der Waals surface area contributed by atoms with E-state index in [1.807, 2.05) is 0 Å². The smallest absolute Gasteiger partial charge is 0.266 e. The van der Waals surface area contributed by atoms with Crippen LogP contribution in [0.25, 0.3) is 16.6 Å². The van der Waals surface area contributed by atoms with Gasteiger partial charge in [-0.2, -0.15) is 0 Å². The molecule has 2 atom stereocenters. The highest BCUT2D eigenvalue weighted by molar-refractivity contribution is 7.99. The number of fused-ring (bicyclic) bond motifs is 1. The summed E-state index contributed by atoms with van der Waals surface area (Å²) in [4.78, 5) is 30.3. The molecule has 1 fully saturated rings. The van der Waals surface area contributed by atoms with E-state index in [2.05, 4.69) is 17.2 Å². The van der Waals surface area contributed by atoms with Crippen molar-refractivity contribution in [2.75, 3.05) is 5.75 Å². The van der Waals surface area contributed by atoms with Crippen LogP contribution in [0.2, 0.25) is 0 Å². The molecule has 1 N–H and O–H groups in total. The van der Waals surface area contributed by atoms with E-state index in [-0.39, 0.29) is 28.9 Å². The van der Waals surface area contributed by atoms with Gasteiger partial charge in [0, 0.05) is 6.04 Å². The first-order chi connectivity index (χ1) is 14.5. The largest absolute Gasteiger partial charge is 0.352 e. The topological polar surface area (TPSA) is 64.0 Å². The summed E-state index contributed by atoms with van der Waals surface area (Å²) < 4.78 is 15.8. The Bertz CT molecular complexity index is 1130. The highest BCUT2D eigenvalue weighted by atomic mass is 32.2.